The molecular formula is C24H19BrCl2N2O3. The lowest BCUT2D eigenvalue weighted by Gasteiger charge is -2.38. The minimum absolute atomic E-state index is 0.0632. The number of ether oxygens (including phenoxy) is 3. The van der Waals surface area contributed by atoms with Crippen LogP contribution in [0.4, 0.5) is 0 Å². The average molecular weight is 534 g/mol. The van der Waals surface area contributed by atoms with Gasteiger partial charge in [0.1, 0.15) is 5.75 Å². The Morgan fingerprint density at radius 2 is 1.75 bits per heavy atom. The third-order valence-corrected chi connectivity index (χ3v) is 6.71. The Kier molecular flexibility index (Phi) is 5.70. The van der Waals surface area contributed by atoms with E-state index < -0.39 is 6.23 Å². The summed E-state index contributed by atoms with van der Waals surface area (Å²) in [6.45, 7) is 0. The molecule has 0 bridgehead atoms. The summed E-state index contributed by atoms with van der Waals surface area (Å²) in [5, 5.41) is 8.03. The quantitative estimate of drug-likeness (QED) is 0.361. The zero-order valence-electron chi connectivity index (χ0n) is 17.3. The van der Waals surface area contributed by atoms with Gasteiger partial charge in [0.15, 0.2) is 11.5 Å². The van der Waals surface area contributed by atoms with E-state index >= 15 is 0 Å². The fourth-order valence-corrected chi connectivity index (χ4v) is 4.97. The van der Waals surface area contributed by atoms with Crippen LogP contribution in [0, 0.1) is 0 Å². The molecule has 3 aromatic carbocycles. The van der Waals surface area contributed by atoms with Crippen LogP contribution in [-0.4, -0.2) is 24.9 Å². The molecule has 0 fully saturated rings. The molecule has 0 saturated heterocycles. The van der Waals surface area contributed by atoms with Crippen molar-refractivity contribution < 1.29 is 14.2 Å². The van der Waals surface area contributed by atoms with Crippen molar-refractivity contribution >= 4 is 44.8 Å². The highest BCUT2D eigenvalue weighted by atomic mass is 79.9. The normalized spacial score (nSPS) is 19.0. The molecule has 5 rings (SSSR count). The Hall–Kier alpha value is -2.41. The van der Waals surface area contributed by atoms with Crippen LogP contribution in [0.3, 0.4) is 0 Å². The van der Waals surface area contributed by atoms with Gasteiger partial charge < -0.3 is 14.2 Å². The highest BCUT2D eigenvalue weighted by molar-refractivity contribution is 9.10. The molecule has 164 valence electrons. The molecule has 2 aliphatic rings. The number of benzene rings is 3. The Balaban J connectivity index is 1.61. The van der Waals surface area contributed by atoms with Crippen molar-refractivity contribution in [2.75, 3.05) is 14.2 Å². The third kappa shape index (κ3) is 3.70. The van der Waals surface area contributed by atoms with Crippen molar-refractivity contribution in [2.24, 2.45) is 5.10 Å². The third-order valence-electron chi connectivity index (χ3n) is 5.68. The van der Waals surface area contributed by atoms with E-state index in [-0.39, 0.29) is 6.04 Å². The summed E-state index contributed by atoms with van der Waals surface area (Å²) in [6.07, 6.45) is 0.257. The van der Waals surface area contributed by atoms with Gasteiger partial charge in [0.25, 0.3) is 0 Å². The van der Waals surface area contributed by atoms with Crippen LogP contribution in [0.1, 0.15) is 35.4 Å². The molecular weight excluding hydrogens is 515 g/mol. The number of fused-ring (bicyclic) bond motifs is 3. The van der Waals surface area contributed by atoms with Crippen LogP contribution in [0.2, 0.25) is 10.0 Å². The molecule has 0 aliphatic carbocycles. The molecule has 2 atom stereocenters. The van der Waals surface area contributed by atoms with E-state index in [1.165, 1.54) is 0 Å². The zero-order chi connectivity index (χ0) is 22.4. The minimum atomic E-state index is -0.420. The fourth-order valence-electron chi connectivity index (χ4n) is 4.15. The van der Waals surface area contributed by atoms with Crippen LogP contribution in [0.15, 0.2) is 64.2 Å². The van der Waals surface area contributed by atoms with Gasteiger partial charge in [-0.15, -0.1) is 0 Å². The lowest BCUT2D eigenvalue weighted by atomic mass is 9.95. The Bertz CT molecular complexity index is 1220. The maximum atomic E-state index is 6.54. The average Bonchev–Trinajstić information content (AvgIpc) is 3.25. The van der Waals surface area contributed by atoms with E-state index in [0.29, 0.717) is 33.7 Å². The summed E-state index contributed by atoms with van der Waals surface area (Å²) >= 11 is 16.4. The number of hydrazone groups is 1. The number of hydrogen-bond acceptors (Lipinski definition) is 5. The van der Waals surface area contributed by atoms with Crippen LogP contribution < -0.4 is 14.2 Å². The summed E-state index contributed by atoms with van der Waals surface area (Å²) < 4.78 is 18.3. The maximum Gasteiger partial charge on any atom is 0.213 e. The lowest BCUT2D eigenvalue weighted by Crippen LogP contribution is -2.33. The highest BCUT2D eigenvalue weighted by Gasteiger charge is 2.42. The number of hydrogen-bond donors (Lipinski definition) is 0. The molecule has 0 unspecified atom stereocenters. The molecule has 0 radical (unpaired) electrons. The Labute approximate surface area is 204 Å². The van der Waals surface area contributed by atoms with Crippen LogP contribution in [0.25, 0.3) is 0 Å². The van der Waals surface area contributed by atoms with Gasteiger partial charge in [0, 0.05) is 32.6 Å². The van der Waals surface area contributed by atoms with Gasteiger partial charge in [0.05, 0.1) is 31.0 Å². The first-order chi connectivity index (χ1) is 15.5. The predicted molar refractivity (Wildman–Crippen MR) is 129 cm³/mol. The van der Waals surface area contributed by atoms with Gasteiger partial charge >= 0.3 is 0 Å². The van der Waals surface area contributed by atoms with Gasteiger partial charge in [-0.2, -0.15) is 5.10 Å². The molecule has 0 N–H and O–H groups in total. The second-order valence-electron chi connectivity index (χ2n) is 7.54. The Morgan fingerprint density at radius 3 is 2.47 bits per heavy atom. The van der Waals surface area contributed by atoms with Crippen molar-refractivity contribution in [3.05, 3.63) is 85.8 Å². The number of nitrogens with zero attached hydrogens (tertiary/aromatic N) is 2. The first-order valence-electron chi connectivity index (χ1n) is 9.97. The Morgan fingerprint density at radius 1 is 1.00 bits per heavy atom. The second kappa shape index (κ2) is 8.50. The van der Waals surface area contributed by atoms with Crippen molar-refractivity contribution in [1.82, 2.24) is 5.01 Å². The van der Waals surface area contributed by atoms with Crippen LogP contribution in [0.5, 0.6) is 17.2 Å². The van der Waals surface area contributed by atoms with Gasteiger partial charge in [-0.05, 0) is 42.5 Å². The van der Waals surface area contributed by atoms with Crippen LogP contribution >= 0.6 is 39.1 Å². The monoisotopic (exact) mass is 532 g/mol. The largest absolute Gasteiger partial charge is 0.493 e. The standard InChI is InChI=1S/C24H19BrCl2N2O3/c1-30-21-8-5-14(9-22(21)31-2)19-12-20-17-10-16(26)11-18(27)23(17)32-24(29(20)28-19)13-3-6-15(25)7-4-13/h3-11,20,24H,12H2,1-2H3/t20-,24-/m1/s1. The summed E-state index contributed by atoms with van der Waals surface area (Å²) in [6, 6.07) is 17.4. The lowest BCUT2D eigenvalue weighted by molar-refractivity contribution is -0.0189. The van der Waals surface area contributed by atoms with Crippen molar-refractivity contribution in [3.8, 4) is 17.2 Å². The molecule has 0 aromatic heterocycles. The van der Waals surface area contributed by atoms with E-state index in [0.717, 1.165) is 26.9 Å². The van der Waals surface area contributed by atoms with E-state index in [1.54, 1.807) is 20.3 Å². The van der Waals surface area contributed by atoms with E-state index in [4.69, 9.17) is 42.5 Å². The molecule has 2 heterocycles. The fraction of sp³-hybridized carbons (Fsp3) is 0.208. The van der Waals surface area contributed by atoms with Crippen molar-refractivity contribution in [3.63, 3.8) is 0 Å². The summed E-state index contributed by atoms with van der Waals surface area (Å²) in [5.74, 6) is 1.98. The number of halogens is 3. The van der Waals surface area contributed by atoms with Crippen molar-refractivity contribution in [1.29, 1.82) is 0 Å². The predicted octanol–water partition coefficient (Wildman–Crippen LogP) is 7.02. The van der Waals surface area contributed by atoms with Gasteiger partial charge in [-0.1, -0.05) is 51.3 Å². The first kappa shape index (κ1) is 21.4. The molecule has 3 aromatic rings. The highest BCUT2D eigenvalue weighted by Crippen LogP contribution is 2.51. The van der Waals surface area contributed by atoms with E-state index in [2.05, 4.69) is 15.9 Å². The summed E-state index contributed by atoms with van der Waals surface area (Å²) in [4.78, 5) is 0. The smallest absolute Gasteiger partial charge is 0.213 e. The second-order valence-corrected chi connectivity index (χ2v) is 9.30. The number of rotatable bonds is 4. The molecule has 0 spiro atoms. The molecule has 0 amide bonds. The van der Waals surface area contributed by atoms with E-state index in [1.807, 2.05) is 53.5 Å². The van der Waals surface area contributed by atoms with Gasteiger partial charge in [-0.25, -0.2) is 5.01 Å². The molecule has 8 heteroatoms. The topological polar surface area (TPSA) is 43.3 Å². The first-order valence-corrected chi connectivity index (χ1v) is 11.5. The summed E-state index contributed by atoms with van der Waals surface area (Å²) in [7, 11) is 3.24. The van der Waals surface area contributed by atoms with Crippen LogP contribution in [-0.2, 0) is 0 Å². The molecule has 0 saturated carbocycles. The maximum absolute atomic E-state index is 6.54. The van der Waals surface area contributed by atoms with Gasteiger partial charge in [0.2, 0.25) is 6.23 Å². The number of methoxy groups -OCH3 is 2. The minimum Gasteiger partial charge on any atom is -0.493 e. The zero-order valence-corrected chi connectivity index (χ0v) is 20.4. The molecule has 2 aliphatic heterocycles. The summed E-state index contributed by atoms with van der Waals surface area (Å²) in [5.41, 5.74) is 3.79. The van der Waals surface area contributed by atoms with Gasteiger partial charge in [-0.3, -0.25) is 0 Å². The van der Waals surface area contributed by atoms with E-state index in [9.17, 15) is 0 Å². The van der Waals surface area contributed by atoms with Crippen molar-refractivity contribution in [2.45, 2.75) is 18.7 Å². The SMILES string of the molecule is COc1ccc(C2=NN3[C@H](C2)c2cc(Cl)cc(Cl)c2O[C@@H]3c2ccc(Br)cc2)cc1OC. The molecule has 32 heavy (non-hydrogen) atoms. The molecule has 5 nitrogen and oxygen atoms in total.